The fraction of sp³-hybridized carbons (Fsp3) is 0.400. The Balaban J connectivity index is 0.00000705. The monoisotopic (exact) mass is 644 g/mol. The maximum atomic E-state index is 12.3. The Morgan fingerprint density at radius 3 is 1.58 bits per heavy atom. The summed E-state index contributed by atoms with van der Waals surface area (Å²) < 4.78 is 32.3. The summed E-state index contributed by atoms with van der Waals surface area (Å²) in [5.74, 6) is 4.48. The molecule has 238 valence electrons. The second kappa shape index (κ2) is 21.0. The van der Waals surface area contributed by atoms with Crippen LogP contribution in [0.5, 0.6) is 34.5 Å². The molecule has 1 aliphatic carbocycles. The van der Waals surface area contributed by atoms with Crippen LogP contribution < -0.4 is 85.1 Å². The number of hydrogen-bond acceptors (Lipinski definition) is 7. The summed E-state index contributed by atoms with van der Waals surface area (Å²) in [6, 6.07) is 7.50. The summed E-state index contributed by atoms with van der Waals surface area (Å²) in [6.07, 6.45) is 19.1. The molecule has 3 rings (SSSR count). The average Bonchev–Trinajstić information content (AvgIpc) is 3.06. The van der Waals surface area contributed by atoms with Gasteiger partial charge < -0.3 is 39.1 Å². The smallest absolute Gasteiger partial charge is 0.690 e. The van der Waals surface area contributed by atoms with Crippen LogP contribution in [0.4, 0.5) is 0 Å². The predicted octanol–water partition coefficient (Wildman–Crippen LogP) is 3.84. The first-order valence-electron chi connectivity index (χ1n) is 14.7. The third-order valence-corrected chi connectivity index (χ3v) is 7.51. The number of methoxy groups -OCH3 is 6. The zero-order valence-electron chi connectivity index (χ0n) is 27.6. The molecule has 1 N–H and O–H groups in total. The minimum absolute atomic E-state index is 0. The number of rotatable bonds is 16. The molecule has 0 bridgehead atoms. The zero-order chi connectivity index (χ0) is 31.7. The molecular weight excluding hydrogens is 599 g/mol. The molecule has 0 aliphatic heterocycles. The Labute approximate surface area is 310 Å². The van der Waals surface area contributed by atoms with Crippen LogP contribution >= 0.6 is 0 Å². The van der Waals surface area contributed by atoms with Crippen molar-refractivity contribution in [2.45, 2.75) is 25.7 Å². The molecule has 1 fully saturated rings. The summed E-state index contributed by atoms with van der Waals surface area (Å²) in [5.41, 5.74) is 1.81. The van der Waals surface area contributed by atoms with E-state index in [-0.39, 0.29) is 57.3 Å². The van der Waals surface area contributed by atoms with Crippen molar-refractivity contribution >= 4 is 18.1 Å². The minimum atomic E-state index is -0.0959. The summed E-state index contributed by atoms with van der Waals surface area (Å²) >= 11 is 0. The van der Waals surface area contributed by atoms with Crippen LogP contribution in [0.25, 0.3) is 17.5 Å². The van der Waals surface area contributed by atoms with E-state index in [1.54, 1.807) is 54.8 Å². The molecule has 0 spiro atoms. The van der Waals surface area contributed by atoms with E-state index in [0.29, 0.717) is 52.9 Å². The van der Waals surface area contributed by atoms with Crippen LogP contribution in [0.3, 0.4) is 0 Å². The van der Waals surface area contributed by atoms with Gasteiger partial charge in [-0.2, -0.15) is 6.20 Å². The normalized spacial score (nSPS) is 16.5. The molecule has 1 aliphatic rings. The SMILES string of the molecule is COc1cc(/C=C/C=C/[N-]CC2CCC(CNC(=O)/C=C/C=C/c3cc(OC)c(OC)c(OC)c3)CC2)cc(OC)c1OC.[K+]. The van der Waals surface area contributed by atoms with Crippen molar-refractivity contribution in [2.24, 2.45) is 11.8 Å². The Kier molecular flexibility index (Phi) is 17.9. The summed E-state index contributed by atoms with van der Waals surface area (Å²) in [4.78, 5) is 12.3. The van der Waals surface area contributed by atoms with Crippen molar-refractivity contribution in [2.75, 3.05) is 55.7 Å². The van der Waals surface area contributed by atoms with E-state index in [9.17, 15) is 4.79 Å². The van der Waals surface area contributed by atoms with E-state index < -0.39 is 0 Å². The van der Waals surface area contributed by atoms with Crippen LogP contribution in [0.1, 0.15) is 36.8 Å². The number of nitrogens with one attached hydrogen (secondary N) is 1. The van der Waals surface area contributed by atoms with E-state index in [1.807, 2.05) is 60.8 Å². The number of nitrogens with zero attached hydrogens (tertiary/aromatic N) is 1. The molecule has 0 unspecified atom stereocenters. The molecule has 0 aromatic heterocycles. The van der Waals surface area contributed by atoms with Crippen molar-refractivity contribution in [3.63, 3.8) is 0 Å². The maximum absolute atomic E-state index is 12.3. The van der Waals surface area contributed by atoms with E-state index in [0.717, 1.165) is 43.4 Å². The summed E-state index contributed by atoms with van der Waals surface area (Å²) in [5, 5.41) is 7.64. The first-order chi connectivity index (χ1) is 21.5. The van der Waals surface area contributed by atoms with Gasteiger partial charge in [0.05, 0.1) is 42.7 Å². The fourth-order valence-electron chi connectivity index (χ4n) is 5.11. The van der Waals surface area contributed by atoms with Crippen molar-refractivity contribution < 1.29 is 84.6 Å². The standard InChI is InChI=1S/C35H45N2O7.K/c1-39-29-19-27(20-30(40-2)34(29)43-5)11-7-8-13-33(38)37-24-26-16-14-25(15-17-26)23-36-18-10-9-12-28-21-31(41-3)35(44-6)32(22-28)42-4;/h7-13,18-22,25-26H,14-17,23-24H2,1-6H3,(H,37,38);/q-1;+1/b11-7+,12-9+,13-8+,18-10+;. The Bertz CT molecular complexity index is 1280. The third-order valence-electron chi connectivity index (χ3n) is 7.51. The van der Waals surface area contributed by atoms with Gasteiger partial charge in [0.2, 0.25) is 17.4 Å². The third kappa shape index (κ3) is 12.1. The molecule has 1 amide bonds. The molecule has 10 heteroatoms. The van der Waals surface area contributed by atoms with E-state index >= 15 is 0 Å². The van der Waals surface area contributed by atoms with Gasteiger partial charge in [0.1, 0.15) is 0 Å². The molecule has 0 heterocycles. The number of benzene rings is 2. The van der Waals surface area contributed by atoms with Gasteiger partial charge in [0.25, 0.3) is 0 Å². The molecule has 0 atom stereocenters. The van der Waals surface area contributed by atoms with Crippen LogP contribution in [-0.2, 0) is 4.79 Å². The van der Waals surface area contributed by atoms with E-state index in [4.69, 9.17) is 28.4 Å². The van der Waals surface area contributed by atoms with Crippen LogP contribution in [-0.4, -0.2) is 61.7 Å². The quantitative estimate of drug-likeness (QED) is 0.169. The molecule has 45 heavy (non-hydrogen) atoms. The van der Waals surface area contributed by atoms with Gasteiger partial charge in [-0.1, -0.05) is 55.2 Å². The van der Waals surface area contributed by atoms with Gasteiger partial charge in [-0.15, -0.1) is 6.54 Å². The van der Waals surface area contributed by atoms with Crippen molar-refractivity contribution in [1.82, 2.24) is 5.32 Å². The topological polar surface area (TPSA) is 98.6 Å². The Hall–Kier alpha value is -2.89. The van der Waals surface area contributed by atoms with Crippen molar-refractivity contribution in [3.05, 3.63) is 77.3 Å². The number of carbonyl (C=O) groups is 1. The predicted molar refractivity (Wildman–Crippen MR) is 175 cm³/mol. The number of amides is 1. The van der Waals surface area contributed by atoms with E-state index in [2.05, 4.69) is 10.6 Å². The largest absolute Gasteiger partial charge is 1.00 e. The van der Waals surface area contributed by atoms with Gasteiger partial charge >= 0.3 is 51.4 Å². The number of allylic oxidation sites excluding steroid dienone is 4. The van der Waals surface area contributed by atoms with Crippen molar-refractivity contribution in [3.8, 4) is 34.5 Å². The van der Waals surface area contributed by atoms with Crippen LogP contribution in [0.2, 0.25) is 0 Å². The molecule has 0 saturated heterocycles. The fourth-order valence-corrected chi connectivity index (χ4v) is 5.11. The van der Waals surface area contributed by atoms with Crippen LogP contribution in [0.15, 0.2) is 60.8 Å². The molecule has 2 aromatic rings. The Morgan fingerprint density at radius 1 is 0.689 bits per heavy atom. The Morgan fingerprint density at radius 2 is 1.13 bits per heavy atom. The summed E-state index contributed by atoms with van der Waals surface area (Å²) in [7, 11) is 9.52. The second-order valence-electron chi connectivity index (χ2n) is 10.3. The van der Waals surface area contributed by atoms with Gasteiger partial charge in [-0.05, 0) is 54.2 Å². The number of ether oxygens (including phenoxy) is 6. The van der Waals surface area contributed by atoms with Gasteiger partial charge in [0.15, 0.2) is 23.0 Å². The first-order valence-corrected chi connectivity index (χ1v) is 14.7. The summed E-state index contributed by atoms with van der Waals surface area (Å²) in [6.45, 7) is 1.50. The molecule has 1 saturated carbocycles. The van der Waals surface area contributed by atoms with Gasteiger partial charge in [-0.3, -0.25) is 4.79 Å². The maximum Gasteiger partial charge on any atom is 1.00 e. The van der Waals surface area contributed by atoms with Gasteiger partial charge in [0, 0.05) is 12.6 Å². The second-order valence-corrected chi connectivity index (χ2v) is 10.3. The molecule has 2 aromatic carbocycles. The molecular formula is C35H45KN2O7. The average molecular weight is 645 g/mol. The number of carbonyl (C=O) groups excluding carboxylic acids is 1. The van der Waals surface area contributed by atoms with Gasteiger partial charge in [-0.25, -0.2) is 0 Å². The number of hydrogen-bond donors (Lipinski definition) is 1. The van der Waals surface area contributed by atoms with Crippen molar-refractivity contribution in [1.29, 1.82) is 0 Å². The first kappa shape index (κ1) is 38.3. The molecule has 9 nitrogen and oxygen atoms in total. The zero-order valence-corrected chi connectivity index (χ0v) is 30.8. The molecule has 0 radical (unpaired) electrons. The van der Waals surface area contributed by atoms with Crippen LogP contribution in [0, 0.1) is 11.8 Å². The van der Waals surface area contributed by atoms with E-state index in [1.165, 1.54) is 0 Å². The minimum Gasteiger partial charge on any atom is -0.690 e.